The second kappa shape index (κ2) is 6.59. The monoisotopic (exact) mass is 275 g/mol. The van der Waals surface area contributed by atoms with Crippen LogP contribution in [0.5, 0.6) is 5.75 Å². The Labute approximate surface area is 121 Å². The van der Waals surface area contributed by atoms with Gasteiger partial charge in [-0.2, -0.15) is 0 Å². The summed E-state index contributed by atoms with van der Waals surface area (Å²) in [6.07, 6.45) is 5.37. The van der Waals surface area contributed by atoms with Gasteiger partial charge in [-0.05, 0) is 62.8 Å². The van der Waals surface area contributed by atoms with Gasteiger partial charge in [0, 0.05) is 12.6 Å². The molecule has 1 aromatic rings. The number of rotatable bonds is 7. The fraction of sp³-hybridized carbons (Fsp3) is 0.647. The first-order valence-electron chi connectivity index (χ1n) is 7.89. The summed E-state index contributed by atoms with van der Waals surface area (Å²) >= 11 is 0. The Morgan fingerprint density at radius 1 is 1.25 bits per heavy atom. The fourth-order valence-corrected chi connectivity index (χ4v) is 2.60. The van der Waals surface area contributed by atoms with Crippen molar-refractivity contribution in [3.63, 3.8) is 0 Å². The van der Waals surface area contributed by atoms with Crippen LogP contribution in [-0.2, 0) is 4.74 Å². The smallest absolute Gasteiger partial charge is 0.119 e. The van der Waals surface area contributed by atoms with E-state index < -0.39 is 0 Å². The molecule has 1 aliphatic carbocycles. The van der Waals surface area contributed by atoms with Gasteiger partial charge in [0.25, 0.3) is 0 Å². The molecule has 0 aromatic heterocycles. The number of hydrogen-bond donors (Lipinski definition) is 1. The Bertz CT molecular complexity index is 408. The summed E-state index contributed by atoms with van der Waals surface area (Å²) in [5.74, 6) is 1.87. The minimum absolute atomic E-state index is 0.286. The van der Waals surface area contributed by atoms with Gasteiger partial charge in [-0.3, -0.25) is 0 Å². The van der Waals surface area contributed by atoms with Crippen molar-refractivity contribution in [2.75, 3.05) is 19.8 Å². The maximum atomic E-state index is 5.79. The molecular weight excluding hydrogens is 250 g/mol. The molecule has 20 heavy (non-hydrogen) atoms. The van der Waals surface area contributed by atoms with Crippen LogP contribution in [0.4, 0.5) is 0 Å². The zero-order chi connectivity index (χ0) is 13.8. The standard InChI is InChI=1S/C17H25NO2/c1-13(18-11-14-4-5-14)15-6-8-16(9-7-15)20-12-17-3-2-10-19-17/h6-9,13-14,17-18H,2-5,10-12H2,1H3. The molecule has 2 atom stereocenters. The molecule has 1 aromatic carbocycles. The van der Waals surface area contributed by atoms with Crippen molar-refractivity contribution in [1.29, 1.82) is 0 Å². The Kier molecular flexibility index (Phi) is 4.58. The van der Waals surface area contributed by atoms with Gasteiger partial charge in [-0.25, -0.2) is 0 Å². The molecule has 1 saturated carbocycles. The molecule has 2 aliphatic rings. The largest absolute Gasteiger partial charge is 0.491 e. The SMILES string of the molecule is CC(NCC1CC1)c1ccc(OCC2CCCO2)cc1. The van der Waals surface area contributed by atoms with Gasteiger partial charge < -0.3 is 14.8 Å². The second-order valence-electron chi connectivity index (χ2n) is 6.09. The third kappa shape index (κ3) is 3.97. The van der Waals surface area contributed by atoms with Gasteiger partial charge in [-0.15, -0.1) is 0 Å². The normalized spacial score (nSPS) is 23.8. The van der Waals surface area contributed by atoms with Crippen LogP contribution in [0.15, 0.2) is 24.3 Å². The van der Waals surface area contributed by atoms with E-state index in [1.807, 2.05) is 0 Å². The van der Waals surface area contributed by atoms with Gasteiger partial charge in [0.05, 0.1) is 6.10 Å². The molecule has 0 spiro atoms. The van der Waals surface area contributed by atoms with E-state index in [4.69, 9.17) is 9.47 Å². The Balaban J connectivity index is 1.45. The van der Waals surface area contributed by atoms with Crippen molar-refractivity contribution in [3.8, 4) is 5.75 Å². The molecule has 0 bridgehead atoms. The molecule has 110 valence electrons. The van der Waals surface area contributed by atoms with E-state index in [9.17, 15) is 0 Å². The maximum absolute atomic E-state index is 5.79. The Morgan fingerprint density at radius 2 is 2.05 bits per heavy atom. The molecule has 0 radical (unpaired) electrons. The first-order chi connectivity index (χ1) is 9.81. The van der Waals surface area contributed by atoms with Gasteiger partial charge in [0.1, 0.15) is 12.4 Å². The molecule has 1 saturated heterocycles. The molecule has 1 aliphatic heterocycles. The van der Waals surface area contributed by atoms with Crippen LogP contribution < -0.4 is 10.1 Å². The van der Waals surface area contributed by atoms with Crippen LogP contribution in [0.3, 0.4) is 0 Å². The highest BCUT2D eigenvalue weighted by Gasteiger charge is 2.21. The zero-order valence-electron chi connectivity index (χ0n) is 12.3. The quantitative estimate of drug-likeness (QED) is 0.828. The maximum Gasteiger partial charge on any atom is 0.119 e. The van der Waals surface area contributed by atoms with Crippen LogP contribution in [0, 0.1) is 5.92 Å². The van der Waals surface area contributed by atoms with Crippen LogP contribution in [-0.4, -0.2) is 25.9 Å². The molecule has 1 N–H and O–H groups in total. The van der Waals surface area contributed by atoms with E-state index >= 15 is 0 Å². The number of nitrogens with one attached hydrogen (secondary N) is 1. The fourth-order valence-electron chi connectivity index (χ4n) is 2.60. The molecule has 0 amide bonds. The lowest BCUT2D eigenvalue weighted by atomic mass is 10.1. The number of benzene rings is 1. The predicted molar refractivity (Wildman–Crippen MR) is 80.1 cm³/mol. The average Bonchev–Trinajstić information content (AvgIpc) is 3.17. The highest BCUT2D eigenvalue weighted by atomic mass is 16.5. The van der Waals surface area contributed by atoms with E-state index in [1.165, 1.54) is 18.4 Å². The van der Waals surface area contributed by atoms with E-state index in [-0.39, 0.29) is 6.10 Å². The summed E-state index contributed by atoms with van der Waals surface area (Å²) in [5, 5.41) is 3.60. The topological polar surface area (TPSA) is 30.5 Å². The van der Waals surface area contributed by atoms with Crippen LogP contribution in [0.25, 0.3) is 0 Å². The van der Waals surface area contributed by atoms with Crippen molar-refractivity contribution in [1.82, 2.24) is 5.32 Å². The van der Waals surface area contributed by atoms with Crippen LogP contribution in [0.2, 0.25) is 0 Å². The molecule has 3 rings (SSSR count). The molecule has 2 fully saturated rings. The van der Waals surface area contributed by atoms with Gasteiger partial charge in [0.15, 0.2) is 0 Å². The lowest BCUT2D eigenvalue weighted by Crippen LogP contribution is -2.21. The van der Waals surface area contributed by atoms with Gasteiger partial charge in [-0.1, -0.05) is 12.1 Å². The lowest BCUT2D eigenvalue weighted by Gasteiger charge is -2.15. The lowest BCUT2D eigenvalue weighted by molar-refractivity contribution is 0.0679. The van der Waals surface area contributed by atoms with Crippen molar-refractivity contribution in [2.24, 2.45) is 5.92 Å². The predicted octanol–water partition coefficient (Wildman–Crippen LogP) is 3.31. The molecule has 1 heterocycles. The van der Waals surface area contributed by atoms with Crippen LogP contribution >= 0.6 is 0 Å². The van der Waals surface area contributed by atoms with Gasteiger partial charge in [0.2, 0.25) is 0 Å². The van der Waals surface area contributed by atoms with Crippen molar-refractivity contribution >= 4 is 0 Å². The summed E-state index contributed by atoms with van der Waals surface area (Å²) in [6, 6.07) is 8.88. The number of ether oxygens (including phenoxy) is 2. The highest BCUT2D eigenvalue weighted by molar-refractivity contribution is 5.29. The summed E-state index contributed by atoms with van der Waals surface area (Å²) in [4.78, 5) is 0. The van der Waals surface area contributed by atoms with E-state index in [0.29, 0.717) is 12.6 Å². The van der Waals surface area contributed by atoms with Crippen molar-refractivity contribution in [3.05, 3.63) is 29.8 Å². The molecular formula is C17H25NO2. The zero-order valence-corrected chi connectivity index (χ0v) is 12.3. The summed E-state index contributed by atoms with van der Waals surface area (Å²) in [5.41, 5.74) is 1.33. The summed E-state index contributed by atoms with van der Waals surface area (Å²) < 4.78 is 11.3. The average molecular weight is 275 g/mol. The van der Waals surface area contributed by atoms with Crippen molar-refractivity contribution in [2.45, 2.75) is 44.8 Å². The molecule has 3 nitrogen and oxygen atoms in total. The summed E-state index contributed by atoms with van der Waals surface area (Å²) in [6.45, 7) is 4.94. The minimum Gasteiger partial charge on any atom is -0.491 e. The van der Waals surface area contributed by atoms with Crippen molar-refractivity contribution < 1.29 is 9.47 Å². The first-order valence-corrected chi connectivity index (χ1v) is 7.89. The highest BCUT2D eigenvalue weighted by Crippen LogP contribution is 2.28. The molecule has 2 unspecified atom stereocenters. The third-order valence-electron chi connectivity index (χ3n) is 4.25. The first kappa shape index (κ1) is 13.9. The minimum atomic E-state index is 0.286. The van der Waals surface area contributed by atoms with Crippen LogP contribution in [0.1, 0.15) is 44.2 Å². The third-order valence-corrected chi connectivity index (χ3v) is 4.25. The van der Waals surface area contributed by atoms with E-state index in [0.717, 1.165) is 37.7 Å². The number of hydrogen-bond acceptors (Lipinski definition) is 3. The van der Waals surface area contributed by atoms with E-state index in [2.05, 4.69) is 36.5 Å². The van der Waals surface area contributed by atoms with E-state index in [1.54, 1.807) is 0 Å². The Morgan fingerprint density at radius 3 is 2.70 bits per heavy atom. The molecule has 3 heteroatoms. The second-order valence-corrected chi connectivity index (χ2v) is 6.09. The Hall–Kier alpha value is -1.06. The van der Waals surface area contributed by atoms with Gasteiger partial charge >= 0.3 is 0 Å². The summed E-state index contributed by atoms with van der Waals surface area (Å²) in [7, 11) is 0.